The van der Waals surface area contributed by atoms with E-state index in [-0.39, 0.29) is 11.1 Å². The summed E-state index contributed by atoms with van der Waals surface area (Å²) >= 11 is 1.39. The second-order valence-electron chi connectivity index (χ2n) is 7.09. The van der Waals surface area contributed by atoms with Crippen LogP contribution in [0.4, 0.5) is 5.69 Å². The van der Waals surface area contributed by atoms with E-state index in [0.717, 1.165) is 10.6 Å². The number of rotatable bonds is 4. The van der Waals surface area contributed by atoms with Gasteiger partial charge in [-0.3, -0.25) is 14.5 Å². The molecule has 0 aliphatic carbocycles. The Hall–Kier alpha value is -3.51. The minimum absolute atomic E-state index is 0.0925. The Morgan fingerprint density at radius 3 is 2.37 bits per heavy atom. The molecule has 0 N–H and O–H groups in total. The maximum Gasteiger partial charge on any atom is 0.340 e. The molecule has 0 spiro atoms. The van der Waals surface area contributed by atoms with Gasteiger partial charge in [-0.05, 0) is 24.5 Å². The third kappa shape index (κ3) is 2.44. The second-order valence-corrected chi connectivity index (χ2v) is 7.90. The van der Waals surface area contributed by atoms with Gasteiger partial charge in [0.2, 0.25) is 0 Å². The van der Waals surface area contributed by atoms with E-state index in [4.69, 9.17) is 4.74 Å². The van der Waals surface area contributed by atoms with Crippen molar-refractivity contribution >= 4 is 57.4 Å². The Balaban J connectivity index is 2.21. The zero-order chi connectivity index (χ0) is 21.9. The van der Waals surface area contributed by atoms with Crippen LogP contribution in [-0.2, 0) is 14.3 Å². The van der Waals surface area contributed by atoms with Gasteiger partial charge in [-0.2, -0.15) is 5.26 Å². The zero-order valence-electron chi connectivity index (χ0n) is 17.1. The molecule has 0 fully saturated rings. The number of hydrogen-bond acceptors (Lipinski definition) is 7. The standard InChI is InChI=1S/C21H18N4O4S/c1-23(2)10-6-13-11(21(28)29-4)8-15-18(30-5)17(14(7-10)25(13)15)16-12(9-22)19(26)24(3)20(16)27/h6-8H,1-5H3. The molecule has 0 saturated heterocycles. The van der Waals surface area contributed by atoms with Gasteiger partial charge in [0.1, 0.15) is 11.6 Å². The van der Waals surface area contributed by atoms with Crippen molar-refractivity contribution in [1.82, 2.24) is 9.30 Å². The number of imide groups is 1. The third-order valence-electron chi connectivity index (χ3n) is 5.34. The monoisotopic (exact) mass is 422 g/mol. The Kier molecular flexibility index (Phi) is 4.47. The van der Waals surface area contributed by atoms with E-state index < -0.39 is 17.8 Å². The van der Waals surface area contributed by atoms with Crippen molar-refractivity contribution in [3.05, 3.63) is 34.9 Å². The molecule has 9 heteroatoms. The van der Waals surface area contributed by atoms with Crippen molar-refractivity contribution in [3.63, 3.8) is 0 Å². The van der Waals surface area contributed by atoms with Gasteiger partial charge in [0.15, 0.2) is 0 Å². The van der Waals surface area contributed by atoms with Crippen LogP contribution in [0.3, 0.4) is 0 Å². The highest BCUT2D eigenvalue weighted by molar-refractivity contribution is 7.98. The summed E-state index contributed by atoms with van der Waals surface area (Å²) in [4.78, 5) is 41.3. The van der Waals surface area contributed by atoms with Gasteiger partial charge in [-0.25, -0.2) is 4.79 Å². The predicted molar refractivity (Wildman–Crippen MR) is 114 cm³/mol. The fraction of sp³-hybridized carbons (Fsp3) is 0.238. The van der Waals surface area contributed by atoms with E-state index >= 15 is 0 Å². The molecule has 0 saturated carbocycles. The normalized spacial score (nSPS) is 14.3. The number of aromatic nitrogens is 1. The SMILES string of the molecule is COC(=O)c1cc2c(SC)c(C3=C(C#N)C(=O)N(C)C3=O)c3cc(N(C)C)cc1n23. The first-order valence-corrected chi connectivity index (χ1v) is 10.2. The number of anilines is 1. The van der Waals surface area contributed by atoms with E-state index in [0.29, 0.717) is 32.6 Å². The molecule has 3 aromatic heterocycles. The molecule has 0 atom stereocenters. The minimum atomic E-state index is -0.614. The summed E-state index contributed by atoms with van der Waals surface area (Å²) in [5.41, 5.74) is 3.64. The number of methoxy groups -OCH3 is 1. The Bertz CT molecular complexity index is 1330. The van der Waals surface area contributed by atoms with E-state index in [1.54, 1.807) is 6.07 Å². The molecule has 0 bridgehead atoms. The van der Waals surface area contributed by atoms with Gasteiger partial charge in [-0.15, -0.1) is 11.8 Å². The molecular formula is C21H18N4O4S. The van der Waals surface area contributed by atoms with E-state index in [1.165, 1.54) is 25.9 Å². The van der Waals surface area contributed by atoms with Crippen LogP contribution in [0, 0.1) is 11.3 Å². The number of nitriles is 1. The number of carbonyl (C=O) groups is 3. The summed E-state index contributed by atoms with van der Waals surface area (Å²) in [6.07, 6.45) is 1.85. The fourth-order valence-corrected chi connectivity index (χ4v) is 4.64. The van der Waals surface area contributed by atoms with Gasteiger partial charge in [0.05, 0.1) is 34.8 Å². The largest absolute Gasteiger partial charge is 0.465 e. The molecule has 0 unspecified atom stereocenters. The second kappa shape index (κ2) is 6.78. The van der Waals surface area contributed by atoms with E-state index in [1.807, 2.05) is 47.9 Å². The molecule has 4 rings (SSSR count). The first-order valence-electron chi connectivity index (χ1n) is 8.98. The van der Waals surface area contributed by atoms with Crippen LogP contribution in [0.1, 0.15) is 15.9 Å². The molecule has 152 valence electrons. The maximum absolute atomic E-state index is 12.9. The Morgan fingerprint density at radius 2 is 1.80 bits per heavy atom. The van der Waals surface area contributed by atoms with Crippen LogP contribution in [0.15, 0.2) is 28.7 Å². The first-order chi connectivity index (χ1) is 14.3. The molecule has 0 radical (unpaired) electrons. The summed E-state index contributed by atoms with van der Waals surface area (Å²) in [5.74, 6) is -1.59. The fourth-order valence-electron chi connectivity index (χ4n) is 3.87. The van der Waals surface area contributed by atoms with Crippen LogP contribution < -0.4 is 4.90 Å². The molecule has 1 aliphatic heterocycles. The van der Waals surface area contributed by atoms with Gasteiger partial charge in [0, 0.05) is 37.3 Å². The quantitative estimate of drug-likeness (QED) is 0.362. The molecule has 0 aromatic carbocycles. The average molecular weight is 422 g/mol. The lowest BCUT2D eigenvalue weighted by atomic mass is 10.0. The lowest BCUT2D eigenvalue weighted by Crippen LogP contribution is -2.26. The first kappa shape index (κ1) is 19.8. The lowest BCUT2D eigenvalue weighted by molar-refractivity contribution is -0.135. The van der Waals surface area contributed by atoms with Crippen molar-refractivity contribution < 1.29 is 19.1 Å². The molecule has 2 amide bonds. The number of amides is 2. The highest BCUT2D eigenvalue weighted by atomic mass is 32.2. The third-order valence-corrected chi connectivity index (χ3v) is 6.16. The summed E-state index contributed by atoms with van der Waals surface area (Å²) < 4.78 is 6.82. The number of nitrogens with zero attached hydrogens (tertiary/aromatic N) is 4. The van der Waals surface area contributed by atoms with Gasteiger partial charge in [0.25, 0.3) is 11.8 Å². The van der Waals surface area contributed by atoms with Crippen molar-refractivity contribution in [2.75, 3.05) is 39.4 Å². The molecule has 4 heterocycles. The molecule has 3 aromatic rings. The smallest absolute Gasteiger partial charge is 0.340 e. The average Bonchev–Trinajstić information content (AvgIpc) is 3.33. The van der Waals surface area contributed by atoms with Crippen molar-refractivity contribution in [2.45, 2.75) is 4.90 Å². The summed E-state index contributed by atoms with van der Waals surface area (Å²) in [6.45, 7) is 0. The maximum atomic E-state index is 12.9. The zero-order valence-corrected chi connectivity index (χ0v) is 17.9. The topological polar surface area (TPSA) is 95.1 Å². The number of pyridine rings is 1. The summed E-state index contributed by atoms with van der Waals surface area (Å²) in [5, 5.41) is 9.60. The van der Waals surface area contributed by atoms with Crippen LogP contribution in [0.25, 0.3) is 22.1 Å². The van der Waals surface area contributed by atoms with Crippen LogP contribution in [-0.4, -0.2) is 61.6 Å². The van der Waals surface area contributed by atoms with Crippen molar-refractivity contribution in [2.24, 2.45) is 0 Å². The van der Waals surface area contributed by atoms with E-state index in [2.05, 4.69) is 0 Å². The summed E-state index contributed by atoms with van der Waals surface area (Å²) in [7, 11) is 6.43. The van der Waals surface area contributed by atoms with Crippen molar-refractivity contribution in [3.8, 4) is 6.07 Å². The molecule has 8 nitrogen and oxygen atoms in total. The highest BCUT2D eigenvalue weighted by Gasteiger charge is 2.40. The number of carbonyl (C=O) groups excluding carboxylic acids is 3. The predicted octanol–water partition coefficient (Wildman–Crippen LogP) is 2.38. The van der Waals surface area contributed by atoms with Crippen molar-refractivity contribution in [1.29, 1.82) is 5.26 Å². The molecule has 1 aliphatic rings. The minimum Gasteiger partial charge on any atom is -0.465 e. The van der Waals surface area contributed by atoms with Crippen LogP contribution >= 0.6 is 11.8 Å². The number of esters is 1. The van der Waals surface area contributed by atoms with Gasteiger partial charge >= 0.3 is 5.97 Å². The number of thioether (sulfide) groups is 1. The highest BCUT2D eigenvalue weighted by Crippen LogP contribution is 2.44. The molecule has 30 heavy (non-hydrogen) atoms. The van der Waals surface area contributed by atoms with Gasteiger partial charge < -0.3 is 14.0 Å². The van der Waals surface area contributed by atoms with Crippen LogP contribution in [0.5, 0.6) is 0 Å². The van der Waals surface area contributed by atoms with Crippen LogP contribution in [0.2, 0.25) is 0 Å². The number of likely N-dealkylation sites (N-methyl/N-ethyl adjacent to an activating group) is 1. The Morgan fingerprint density at radius 1 is 1.13 bits per heavy atom. The van der Waals surface area contributed by atoms with E-state index in [9.17, 15) is 19.6 Å². The lowest BCUT2D eigenvalue weighted by Gasteiger charge is -2.15. The number of hydrogen-bond donors (Lipinski definition) is 0. The molecular weight excluding hydrogens is 404 g/mol. The van der Waals surface area contributed by atoms with Gasteiger partial charge in [-0.1, -0.05) is 0 Å². The number of ether oxygens (including phenoxy) is 1. The summed E-state index contributed by atoms with van der Waals surface area (Å²) in [6, 6.07) is 7.38. The Labute approximate surface area is 176 Å².